The fourth-order valence-electron chi connectivity index (χ4n) is 3.79. The van der Waals surface area contributed by atoms with Gasteiger partial charge in [-0.05, 0) is 62.7 Å². The second-order valence-electron chi connectivity index (χ2n) is 7.81. The number of carbonyl (C=O) groups excluding carboxylic acids is 2. The first-order valence-electron chi connectivity index (χ1n) is 11.6. The van der Waals surface area contributed by atoms with Gasteiger partial charge >= 0.3 is 5.97 Å². The van der Waals surface area contributed by atoms with Crippen LogP contribution in [0.4, 0.5) is 0 Å². The monoisotopic (exact) mass is 508 g/mol. The molecule has 0 aliphatic rings. The number of esters is 1. The highest BCUT2D eigenvalue weighted by molar-refractivity contribution is 6.30. The van der Waals surface area contributed by atoms with E-state index in [9.17, 15) is 14.4 Å². The smallest absolute Gasteiger partial charge is 0.341 e. The Morgan fingerprint density at radius 3 is 2.58 bits per heavy atom. The van der Waals surface area contributed by atoms with E-state index in [-0.39, 0.29) is 28.6 Å². The molecule has 0 aliphatic carbocycles. The molecule has 10 heteroatoms. The van der Waals surface area contributed by atoms with Crippen molar-refractivity contribution in [3.8, 4) is 0 Å². The zero-order chi connectivity index (χ0) is 25.7. The molecule has 0 saturated carbocycles. The van der Waals surface area contributed by atoms with Crippen molar-refractivity contribution in [1.82, 2.24) is 14.0 Å². The minimum atomic E-state index is -0.696. The Morgan fingerprint density at radius 2 is 1.86 bits per heavy atom. The summed E-state index contributed by atoms with van der Waals surface area (Å²) in [4.78, 5) is 48.5. The highest BCUT2D eigenvalue weighted by Crippen LogP contribution is 2.14. The number of carbonyl (C=O) groups is 2. The van der Waals surface area contributed by atoms with Gasteiger partial charge in [0.2, 0.25) is 0 Å². The molecule has 0 fully saturated rings. The number of fused-ring (bicyclic) bond motifs is 2. The number of pyridine rings is 2. The minimum absolute atomic E-state index is 0.00199. The third kappa shape index (κ3) is 5.22. The summed E-state index contributed by atoms with van der Waals surface area (Å²) in [7, 11) is 0. The van der Waals surface area contributed by atoms with Crippen molar-refractivity contribution in [2.45, 2.75) is 26.8 Å². The zero-order valence-corrected chi connectivity index (χ0v) is 20.7. The summed E-state index contributed by atoms with van der Waals surface area (Å²) in [5, 5.41) is 0.683. The molecular formula is C26H25ClN4O5. The van der Waals surface area contributed by atoms with E-state index in [1.807, 2.05) is 6.92 Å². The lowest BCUT2D eigenvalue weighted by Gasteiger charge is -2.15. The number of amides is 1. The number of aryl methyl sites for hydroxylation is 1. The van der Waals surface area contributed by atoms with Crippen molar-refractivity contribution in [3.05, 3.63) is 86.7 Å². The van der Waals surface area contributed by atoms with Gasteiger partial charge in [0.05, 0.1) is 12.0 Å². The van der Waals surface area contributed by atoms with Crippen LogP contribution in [-0.2, 0) is 16.0 Å². The quantitative estimate of drug-likeness (QED) is 0.204. The molecule has 3 heterocycles. The summed E-state index contributed by atoms with van der Waals surface area (Å²) >= 11 is 5.96. The standard InChI is InChI=1S/C26H25ClN4O5/c1-3-35-15-7-14-31-22-19(25(33)30-13-6-5-8-21(30)28-22)16-20(26(34)36-4-2)23(31)29-24(32)17-9-11-18(27)12-10-17/h5-6,8-13,16H,3-4,7,14-15H2,1-2H3. The maximum Gasteiger partial charge on any atom is 0.341 e. The number of hydrogen-bond donors (Lipinski definition) is 0. The summed E-state index contributed by atoms with van der Waals surface area (Å²) < 4.78 is 13.7. The van der Waals surface area contributed by atoms with E-state index in [0.717, 1.165) is 0 Å². The van der Waals surface area contributed by atoms with Crippen LogP contribution in [0.3, 0.4) is 0 Å². The molecule has 4 rings (SSSR count). The Bertz CT molecular complexity index is 1560. The molecule has 0 N–H and O–H groups in total. The van der Waals surface area contributed by atoms with E-state index < -0.39 is 11.9 Å². The van der Waals surface area contributed by atoms with E-state index in [1.54, 1.807) is 60.2 Å². The van der Waals surface area contributed by atoms with Crippen molar-refractivity contribution < 1.29 is 19.1 Å². The summed E-state index contributed by atoms with van der Waals surface area (Å²) in [6, 6.07) is 12.9. The van der Waals surface area contributed by atoms with Crippen LogP contribution in [0.5, 0.6) is 0 Å². The van der Waals surface area contributed by atoms with Gasteiger partial charge in [-0.2, -0.15) is 4.99 Å². The highest BCUT2D eigenvalue weighted by Gasteiger charge is 2.20. The average Bonchev–Trinajstić information content (AvgIpc) is 2.88. The maximum absolute atomic E-state index is 13.4. The van der Waals surface area contributed by atoms with E-state index in [1.165, 1.54) is 10.5 Å². The largest absolute Gasteiger partial charge is 0.462 e. The molecule has 36 heavy (non-hydrogen) atoms. The van der Waals surface area contributed by atoms with Crippen LogP contribution in [0.1, 0.15) is 41.0 Å². The third-order valence-corrected chi connectivity index (χ3v) is 5.71. The second-order valence-corrected chi connectivity index (χ2v) is 8.25. The molecule has 1 amide bonds. The van der Waals surface area contributed by atoms with E-state index in [4.69, 9.17) is 21.1 Å². The van der Waals surface area contributed by atoms with Crippen molar-refractivity contribution in [2.75, 3.05) is 19.8 Å². The first kappa shape index (κ1) is 25.3. The third-order valence-electron chi connectivity index (χ3n) is 5.46. The van der Waals surface area contributed by atoms with Gasteiger partial charge in [0.1, 0.15) is 16.9 Å². The van der Waals surface area contributed by atoms with E-state index in [2.05, 4.69) is 9.98 Å². The van der Waals surface area contributed by atoms with Crippen LogP contribution in [0, 0.1) is 0 Å². The summed E-state index contributed by atoms with van der Waals surface area (Å²) in [6.07, 6.45) is 2.14. The SMILES string of the molecule is CCOCCCn1c(=NC(=O)c2ccc(Cl)cc2)c(C(=O)OCC)cc2c(=O)n3ccccc3nc21. The molecule has 4 aromatic rings. The summed E-state index contributed by atoms with van der Waals surface area (Å²) in [6.45, 7) is 4.96. The van der Waals surface area contributed by atoms with Crippen LogP contribution in [-0.4, -0.2) is 45.6 Å². The van der Waals surface area contributed by atoms with E-state index in [0.29, 0.717) is 48.1 Å². The fourth-order valence-corrected chi connectivity index (χ4v) is 3.92. The van der Waals surface area contributed by atoms with Crippen LogP contribution in [0.25, 0.3) is 16.7 Å². The first-order valence-corrected chi connectivity index (χ1v) is 12.0. The molecule has 0 bridgehead atoms. The van der Waals surface area contributed by atoms with Crippen LogP contribution >= 0.6 is 11.6 Å². The predicted molar refractivity (Wildman–Crippen MR) is 135 cm³/mol. The van der Waals surface area contributed by atoms with Crippen molar-refractivity contribution in [3.63, 3.8) is 0 Å². The van der Waals surface area contributed by atoms with E-state index >= 15 is 0 Å². The van der Waals surface area contributed by atoms with Gasteiger partial charge in [0.25, 0.3) is 11.5 Å². The van der Waals surface area contributed by atoms with Crippen molar-refractivity contribution in [1.29, 1.82) is 0 Å². The number of rotatable bonds is 8. The van der Waals surface area contributed by atoms with Crippen LogP contribution in [0.2, 0.25) is 5.02 Å². The van der Waals surface area contributed by atoms with Crippen molar-refractivity contribution in [2.24, 2.45) is 4.99 Å². The number of hydrogen-bond acceptors (Lipinski definition) is 6. The zero-order valence-electron chi connectivity index (χ0n) is 19.9. The van der Waals surface area contributed by atoms with Gasteiger partial charge in [-0.3, -0.25) is 14.0 Å². The Kier molecular flexibility index (Phi) is 7.92. The van der Waals surface area contributed by atoms with Gasteiger partial charge in [-0.15, -0.1) is 0 Å². The topological polar surface area (TPSA) is 104 Å². The summed E-state index contributed by atoms with van der Waals surface area (Å²) in [5.41, 5.74) is 0.727. The lowest BCUT2D eigenvalue weighted by Crippen LogP contribution is -2.33. The Labute approximate surface area is 211 Å². The van der Waals surface area contributed by atoms with Gasteiger partial charge in [-0.25, -0.2) is 9.78 Å². The normalized spacial score (nSPS) is 11.8. The molecule has 1 aromatic carbocycles. The van der Waals surface area contributed by atoms with Gasteiger partial charge in [-0.1, -0.05) is 17.7 Å². The molecule has 0 atom stereocenters. The molecule has 0 spiro atoms. The lowest BCUT2D eigenvalue weighted by atomic mass is 10.2. The van der Waals surface area contributed by atoms with Crippen molar-refractivity contribution >= 4 is 40.2 Å². The van der Waals surface area contributed by atoms with Crippen LogP contribution in [0.15, 0.2) is 64.5 Å². The lowest BCUT2D eigenvalue weighted by molar-refractivity contribution is 0.0523. The first-order chi connectivity index (χ1) is 17.4. The molecule has 0 saturated heterocycles. The summed E-state index contributed by atoms with van der Waals surface area (Å²) in [5.74, 6) is -1.27. The molecule has 0 unspecified atom stereocenters. The van der Waals surface area contributed by atoms with Gasteiger partial charge in [0.15, 0.2) is 5.49 Å². The van der Waals surface area contributed by atoms with Gasteiger partial charge < -0.3 is 14.0 Å². The molecule has 186 valence electrons. The maximum atomic E-state index is 13.4. The molecule has 0 radical (unpaired) electrons. The predicted octanol–water partition coefficient (Wildman–Crippen LogP) is 3.65. The number of nitrogens with zero attached hydrogens (tertiary/aromatic N) is 4. The molecule has 3 aromatic heterocycles. The fraction of sp³-hybridized carbons (Fsp3) is 0.269. The minimum Gasteiger partial charge on any atom is -0.462 e. The molecular weight excluding hydrogens is 484 g/mol. The number of benzene rings is 1. The Morgan fingerprint density at radius 1 is 1.08 bits per heavy atom. The number of halogens is 1. The Hall–Kier alpha value is -3.82. The van der Waals surface area contributed by atoms with Gasteiger partial charge in [0, 0.05) is 36.5 Å². The average molecular weight is 509 g/mol. The Balaban J connectivity index is 2.04. The number of aromatic nitrogens is 3. The number of ether oxygens (including phenoxy) is 2. The highest BCUT2D eigenvalue weighted by atomic mass is 35.5. The van der Waals surface area contributed by atoms with Crippen LogP contribution < -0.4 is 11.0 Å². The second kappa shape index (κ2) is 11.3. The molecule has 9 nitrogen and oxygen atoms in total. The molecule has 0 aliphatic heterocycles.